The van der Waals surface area contributed by atoms with Crippen LogP contribution in [0.1, 0.15) is 74.5 Å². The summed E-state index contributed by atoms with van der Waals surface area (Å²) < 4.78 is 46.8. The van der Waals surface area contributed by atoms with Crippen molar-refractivity contribution in [1.29, 1.82) is 0 Å². The van der Waals surface area contributed by atoms with Gasteiger partial charge >= 0.3 is 12.1 Å². The molecule has 4 saturated heterocycles. The fourth-order valence-corrected chi connectivity index (χ4v) is 7.69. The topological polar surface area (TPSA) is 104 Å². The number of hydrogen-bond acceptors (Lipinski definition) is 9. The van der Waals surface area contributed by atoms with Gasteiger partial charge in [-0.15, -0.1) is 0 Å². The van der Waals surface area contributed by atoms with Crippen LogP contribution in [0.15, 0.2) is 24.4 Å². The molecule has 240 valence electrons. The lowest BCUT2D eigenvalue weighted by molar-refractivity contribution is 0.0122. The molecular weight excluding hydrogens is 575 g/mol. The van der Waals surface area contributed by atoms with Crippen molar-refractivity contribution >= 4 is 22.8 Å². The molecule has 10 nitrogen and oxygen atoms in total. The average molecular weight is 621 g/mol. The van der Waals surface area contributed by atoms with E-state index >= 15 is 4.39 Å². The molecule has 4 aliphatic heterocycles. The molecule has 1 amide bonds. The number of phenolic OH excluding ortho intramolecular Hbond substituents is 1. The Kier molecular flexibility index (Phi) is 6.90. The van der Waals surface area contributed by atoms with Crippen molar-refractivity contribution < 1.29 is 26.5 Å². The fraction of sp³-hybridized carbons (Fsp3) is 0.588. The summed E-state index contributed by atoms with van der Waals surface area (Å²) in [6.07, 6.45) is 6.47. The number of aryl methyl sites for hydroxylation is 1. The first-order valence-corrected chi connectivity index (χ1v) is 16.2. The van der Waals surface area contributed by atoms with Crippen molar-refractivity contribution in [3.8, 4) is 23.0 Å². The van der Waals surface area contributed by atoms with Crippen molar-refractivity contribution in [2.24, 2.45) is 0 Å². The van der Waals surface area contributed by atoms with Gasteiger partial charge in [-0.05, 0) is 96.5 Å². The lowest BCUT2D eigenvalue weighted by atomic mass is 9.95. The van der Waals surface area contributed by atoms with Crippen molar-refractivity contribution in [3.63, 3.8) is 0 Å². The van der Waals surface area contributed by atoms with E-state index in [2.05, 4.69) is 14.9 Å². The number of piperazine rings is 1. The Bertz CT molecular complexity index is 1690. The van der Waals surface area contributed by atoms with Crippen molar-refractivity contribution in [1.82, 2.24) is 24.8 Å². The van der Waals surface area contributed by atoms with Gasteiger partial charge in [0.2, 0.25) is 0 Å². The molecule has 0 saturated carbocycles. The van der Waals surface area contributed by atoms with E-state index in [0.29, 0.717) is 49.1 Å². The number of anilines is 1. The lowest BCUT2D eigenvalue weighted by Crippen LogP contribution is -2.57. The highest BCUT2D eigenvalue weighted by Crippen LogP contribution is 2.41. The van der Waals surface area contributed by atoms with Crippen LogP contribution < -0.4 is 9.64 Å². The van der Waals surface area contributed by atoms with Gasteiger partial charge < -0.3 is 19.5 Å². The van der Waals surface area contributed by atoms with Gasteiger partial charge in [0, 0.05) is 24.8 Å². The summed E-state index contributed by atoms with van der Waals surface area (Å²) in [6.45, 7) is 7.86. The third kappa shape index (κ3) is 5.42. The Hall–Kier alpha value is -3.73. The van der Waals surface area contributed by atoms with Gasteiger partial charge in [0.15, 0.2) is 5.82 Å². The van der Waals surface area contributed by atoms with E-state index in [1.54, 1.807) is 18.3 Å². The van der Waals surface area contributed by atoms with Crippen LogP contribution in [-0.4, -0.2) is 91.9 Å². The molecule has 0 unspecified atom stereocenters. The summed E-state index contributed by atoms with van der Waals surface area (Å²) in [7, 11) is 0. The first-order valence-electron chi connectivity index (χ1n) is 17.2. The zero-order valence-corrected chi connectivity index (χ0v) is 26.5. The van der Waals surface area contributed by atoms with Crippen LogP contribution in [0.4, 0.5) is 15.0 Å². The number of rotatable bonds is 6. The first-order chi connectivity index (χ1) is 22.3. The van der Waals surface area contributed by atoms with Gasteiger partial charge in [0.25, 0.3) is 0 Å². The van der Waals surface area contributed by atoms with Gasteiger partial charge in [0.05, 0.1) is 25.8 Å². The highest BCUT2D eigenvalue weighted by atomic mass is 19.1. The second-order valence-corrected chi connectivity index (χ2v) is 13.8. The normalized spacial score (nSPS) is 23.7. The SMILES string of the molecule is [2H]C([2H])(Oc1nc(N2C[C@H]3CC[C@@H](C2)N3C(=O)OC(C)(C)C)c2cnc(-c3cc(O)ccc3CC)c(F)c2n1)C12CCCN1CCC2. The highest BCUT2D eigenvalue weighted by molar-refractivity contribution is 5.92. The van der Waals surface area contributed by atoms with Crippen molar-refractivity contribution in [2.45, 2.75) is 95.9 Å². The van der Waals surface area contributed by atoms with E-state index < -0.39 is 23.5 Å². The summed E-state index contributed by atoms with van der Waals surface area (Å²) in [5, 5.41) is 10.6. The van der Waals surface area contributed by atoms with E-state index in [1.165, 1.54) is 6.07 Å². The number of ether oxygens (including phenoxy) is 2. The quantitative estimate of drug-likeness (QED) is 0.372. The van der Waals surface area contributed by atoms with Gasteiger partial charge in [-0.25, -0.2) is 9.18 Å². The van der Waals surface area contributed by atoms with E-state index in [1.807, 2.05) is 37.5 Å². The summed E-state index contributed by atoms with van der Waals surface area (Å²) in [4.78, 5) is 33.0. The molecule has 4 aliphatic rings. The number of aromatic hydroxyl groups is 1. The number of aromatic nitrogens is 3. The number of carbonyl (C=O) groups is 1. The molecule has 2 aromatic heterocycles. The fourth-order valence-electron chi connectivity index (χ4n) is 7.69. The first kappa shape index (κ1) is 27.6. The number of benzene rings is 1. The maximum atomic E-state index is 16.7. The second-order valence-electron chi connectivity index (χ2n) is 13.8. The number of fused-ring (bicyclic) bond motifs is 4. The Balaban J connectivity index is 1.31. The highest BCUT2D eigenvalue weighted by Gasteiger charge is 2.46. The predicted molar refractivity (Wildman–Crippen MR) is 169 cm³/mol. The van der Waals surface area contributed by atoms with E-state index in [9.17, 15) is 9.90 Å². The molecule has 6 heterocycles. The van der Waals surface area contributed by atoms with Crippen LogP contribution >= 0.6 is 0 Å². The standard InChI is InChI=1S/C34H43FN6O4/c1-5-21-8-11-24(42)16-25(21)28-27(35)29-26(17-36-28)30(38-31(37-29)44-20-34-12-6-14-40(34)15-7-13-34)39-18-22-9-10-23(19-39)41(22)32(43)45-33(2,3)4/h8,11,16-17,22-23,42H,5-7,9-10,12-15,18-20H2,1-4H3/t22-,23+/i20D2. The Morgan fingerprint density at radius 2 is 1.87 bits per heavy atom. The predicted octanol–water partition coefficient (Wildman–Crippen LogP) is 5.69. The minimum atomic E-state index is -2.12. The third-order valence-electron chi connectivity index (χ3n) is 9.73. The zero-order valence-electron chi connectivity index (χ0n) is 28.5. The number of amides is 1. The lowest BCUT2D eigenvalue weighted by Gasteiger charge is -2.42. The monoisotopic (exact) mass is 620 g/mol. The van der Waals surface area contributed by atoms with E-state index in [-0.39, 0.29) is 41.1 Å². The van der Waals surface area contributed by atoms with Crippen LogP contribution in [0.2, 0.25) is 0 Å². The molecule has 2 atom stereocenters. The van der Waals surface area contributed by atoms with Crippen LogP contribution in [0.3, 0.4) is 0 Å². The molecule has 2 bridgehead atoms. The van der Waals surface area contributed by atoms with Crippen LogP contribution in [0.25, 0.3) is 22.2 Å². The van der Waals surface area contributed by atoms with Crippen molar-refractivity contribution in [3.05, 3.63) is 35.8 Å². The van der Waals surface area contributed by atoms with Crippen LogP contribution in [0.5, 0.6) is 11.8 Å². The number of hydrogen-bond donors (Lipinski definition) is 1. The second kappa shape index (κ2) is 11.3. The minimum Gasteiger partial charge on any atom is -0.508 e. The maximum absolute atomic E-state index is 16.7. The molecule has 0 radical (unpaired) electrons. The number of pyridine rings is 1. The molecule has 7 rings (SSSR count). The maximum Gasteiger partial charge on any atom is 0.410 e. The summed E-state index contributed by atoms with van der Waals surface area (Å²) >= 11 is 0. The van der Waals surface area contributed by atoms with E-state index in [0.717, 1.165) is 44.3 Å². The molecule has 0 spiro atoms. The zero-order chi connectivity index (χ0) is 33.3. The number of halogens is 1. The largest absolute Gasteiger partial charge is 0.508 e. The van der Waals surface area contributed by atoms with Gasteiger partial charge in [-0.3, -0.25) is 14.8 Å². The Morgan fingerprint density at radius 1 is 1.16 bits per heavy atom. The molecular formula is C34H43FN6O4. The van der Waals surface area contributed by atoms with Crippen molar-refractivity contribution in [2.75, 3.05) is 37.6 Å². The number of nitrogens with zero attached hydrogens (tertiary/aromatic N) is 6. The molecule has 45 heavy (non-hydrogen) atoms. The molecule has 1 N–H and O–H groups in total. The molecule has 4 fully saturated rings. The molecule has 0 aliphatic carbocycles. The molecule has 3 aromatic rings. The summed E-state index contributed by atoms with van der Waals surface area (Å²) in [6, 6.07) is 4.30. The Labute approximate surface area is 266 Å². The summed E-state index contributed by atoms with van der Waals surface area (Å²) in [5.41, 5.74) is -0.139. The van der Waals surface area contributed by atoms with Gasteiger partial charge in [-0.2, -0.15) is 9.97 Å². The molecule has 1 aromatic carbocycles. The van der Waals surface area contributed by atoms with Gasteiger partial charge in [0.1, 0.15) is 34.9 Å². The third-order valence-corrected chi connectivity index (χ3v) is 9.73. The molecule has 11 heteroatoms. The van der Waals surface area contributed by atoms with Crippen LogP contribution in [-0.2, 0) is 11.2 Å². The van der Waals surface area contributed by atoms with E-state index in [4.69, 9.17) is 17.2 Å². The smallest absolute Gasteiger partial charge is 0.410 e. The number of carbonyl (C=O) groups excluding carboxylic acids is 1. The number of phenols is 1. The summed E-state index contributed by atoms with van der Waals surface area (Å²) in [5.74, 6) is -0.318. The van der Waals surface area contributed by atoms with Gasteiger partial charge in [-0.1, -0.05) is 13.0 Å². The minimum absolute atomic E-state index is 0.00522. The van der Waals surface area contributed by atoms with Crippen LogP contribution in [0, 0.1) is 5.82 Å². The average Bonchev–Trinajstić information content (AvgIpc) is 3.68. The Morgan fingerprint density at radius 3 is 2.53 bits per heavy atom.